The molecule has 2 rings (SSSR count). The molecule has 0 aliphatic carbocycles. The van der Waals surface area contributed by atoms with E-state index < -0.39 is 12.1 Å². The summed E-state index contributed by atoms with van der Waals surface area (Å²) in [6.07, 6.45) is -3.10. The van der Waals surface area contributed by atoms with E-state index in [1.165, 1.54) is 18.2 Å². The van der Waals surface area contributed by atoms with Crippen LogP contribution in [0.1, 0.15) is 24.8 Å². The number of carbonyl (C=O) groups is 1. The Morgan fingerprint density at radius 2 is 1.96 bits per heavy atom. The molecule has 0 atom stereocenters. The summed E-state index contributed by atoms with van der Waals surface area (Å²) in [4.78, 5) is 20.6. The smallest absolute Gasteiger partial charge is 0.329 e. The number of carbonyl (C=O) groups excluding carboxylic acids is 1. The molecule has 27 heavy (non-hydrogen) atoms. The van der Waals surface area contributed by atoms with Crippen molar-refractivity contribution in [3.05, 3.63) is 46.3 Å². The summed E-state index contributed by atoms with van der Waals surface area (Å²) in [5.41, 5.74) is 1.02. The molecule has 6 nitrogen and oxygen atoms in total. The van der Waals surface area contributed by atoms with Gasteiger partial charge in [-0.25, -0.2) is 5.06 Å². The highest BCUT2D eigenvalue weighted by atomic mass is 35.5. The summed E-state index contributed by atoms with van der Waals surface area (Å²) in [6, 6.07) is 6.26. The molecule has 1 aromatic carbocycles. The van der Waals surface area contributed by atoms with Crippen LogP contribution in [-0.2, 0) is 22.4 Å². The number of hydrogen-bond acceptors (Lipinski definition) is 5. The van der Waals surface area contributed by atoms with Crippen LogP contribution in [0.25, 0.3) is 11.4 Å². The van der Waals surface area contributed by atoms with Crippen molar-refractivity contribution in [3.8, 4) is 11.4 Å². The summed E-state index contributed by atoms with van der Waals surface area (Å²) in [5.74, 6) is -1.86. The van der Waals surface area contributed by atoms with Crippen LogP contribution in [0.4, 0.5) is 13.2 Å². The lowest BCUT2D eigenvalue weighted by Gasteiger charge is -2.21. The van der Waals surface area contributed by atoms with Crippen molar-refractivity contribution < 1.29 is 27.3 Å². The number of nitrogens with zero attached hydrogens (tertiary/aromatic N) is 3. The van der Waals surface area contributed by atoms with Crippen molar-refractivity contribution in [2.45, 2.75) is 26.1 Å². The van der Waals surface area contributed by atoms with Gasteiger partial charge in [0, 0.05) is 12.0 Å². The van der Waals surface area contributed by atoms with Crippen LogP contribution in [0.15, 0.2) is 39.4 Å². The zero-order valence-electron chi connectivity index (χ0n) is 14.0. The lowest BCUT2D eigenvalue weighted by Crippen LogP contribution is -2.30. The molecule has 146 valence electrons. The fraction of sp³-hybridized carbons (Fsp3) is 0.312. The highest BCUT2D eigenvalue weighted by Gasteiger charge is 2.38. The second kappa shape index (κ2) is 9.20. The Kier molecular flexibility index (Phi) is 7.23. The minimum absolute atomic E-state index is 0.00916. The maximum Gasteiger partial charge on any atom is 0.471 e. The summed E-state index contributed by atoms with van der Waals surface area (Å²) in [5, 5.41) is 4.47. The van der Waals surface area contributed by atoms with Crippen LogP contribution < -0.4 is 0 Å². The Balaban J connectivity index is 2.09. The molecule has 1 aromatic heterocycles. The Labute approximate surface area is 162 Å². The minimum atomic E-state index is -4.70. The first-order valence-electron chi connectivity index (χ1n) is 7.65. The number of rotatable bonds is 7. The number of hydrogen-bond donors (Lipinski definition) is 0. The highest BCUT2D eigenvalue weighted by molar-refractivity contribution is 6.55. The van der Waals surface area contributed by atoms with E-state index >= 15 is 0 Å². The maximum absolute atomic E-state index is 12.5. The van der Waals surface area contributed by atoms with E-state index in [9.17, 15) is 18.0 Å². The van der Waals surface area contributed by atoms with Gasteiger partial charge in [-0.3, -0.25) is 9.63 Å². The van der Waals surface area contributed by atoms with Gasteiger partial charge in [0.15, 0.2) is 0 Å². The first-order valence-corrected chi connectivity index (χ1v) is 8.41. The van der Waals surface area contributed by atoms with Crippen molar-refractivity contribution in [1.82, 2.24) is 15.2 Å². The summed E-state index contributed by atoms with van der Waals surface area (Å²) < 4.78 is 41.8. The molecular formula is C16H14Cl2F3N3O3. The standard InChI is InChI=1S/C16H14Cl2F3N3O3/c1-2-13(25)24(26-8-7-12(17)18)9-10-3-5-11(6-4-10)14-22-15(27-23-14)16(19,20)21/h3-7H,2,8-9H2,1H3. The van der Waals surface area contributed by atoms with Crippen molar-refractivity contribution in [1.29, 1.82) is 0 Å². The molecule has 0 fully saturated rings. The molecule has 1 amide bonds. The number of alkyl halides is 3. The molecule has 2 aromatic rings. The van der Waals surface area contributed by atoms with E-state index in [4.69, 9.17) is 28.0 Å². The lowest BCUT2D eigenvalue weighted by molar-refractivity contribution is -0.185. The second-order valence-electron chi connectivity index (χ2n) is 5.19. The van der Waals surface area contributed by atoms with E-state index in [2.05, 4.69) is 14.7 Å². The normalized spacial score (nSPS) is 11.3. The Morgan fingerprint density at radius 3 is 2.48 bits per heavy atom. The van der Waals surface area contributed by atoms with Crippen molar-refractivity contribution in [2.24, 2.45) is 0 Å². The van der Waals surface area contributed by atoms with Gasteiger partial charge in [0.2, 0.25) is 11.7 Å². The Morgan fingerprint density at radius 1 is 1.30 bits per heavy atom. The summed E-state index contributed by atoms with van der Waals surface area (Å²) >= 11 is 11.0. The molecule has 0 N–H and O–H groups in total. The van der Waals surface area contributed by atoms with Gasteiger partial charge in [-0.2, -0.15) is 18.2 Å². The predicted octanol–water partition coefficient (Wildman–Crippen LogP) is 4.74. The molecule has 0 aliphatic heterocycles. The third-order valence-corrected chi connectivity index (χ3v) is 3.56. The molecule has 0 radical (unpaired) electrons. The van der Waals surface area contributed by atoms with Crippen LogP contribution in [-0.4, -0.2) is 27.7 Å². The van der Waals surface area contributed by atoms with Gasteiger partial charge in [0.25, 0.3) is 0 Å². The van der Waals surface area contributed by atoms with Gasteiger partial charge >= 0.3 is 12.1 Å². The molecule has 0 saturated carbocycles. The van der Waals surface area contributed by atoms with Gasteiger partial charge in [-0.1, -0.05) is 59.5 Å². The van der Waals surface area contributed by atoms with Crippen LogP contribution in [0.3, 0.4) is 0 Å². The second-order valence-corrected chi connectivity index (χ2v) is 6.20. The summed E-state index contributed by atoms with van der Waals surface area (Å²) in [6.45, 7) is 1.82. The number of hydroxylamine groups is 2. The van der Waals surface area contributed by atoms with E-state index in [1.807, 2.05) is 0 Å². The Bertz CT molecular complexity index is 803. The predicted molar refractivity (Wildman–Crippen MR) is 91.3 cm³/mol. The van der Waals surface area contributed by atoms with E-state index in [1.54, 1.807) is 19.1 Å². The lowest BCUT2D eigenvalue weighted by atomic mass is 10.1. The molecule has 0 spiro atoms. The monoisotopic (exact) mass is 423 g/mol. The van der Waals surface area contributed by atoms with Crippen LogP contribution in [0.2, 0.25) is 0 Å². The van der Waals surface area contributed by atoms with Crippen LogP contribution in [0.5, 0.6) is 0 Å². The highest BCUT2D eigenvalue weighted by Crippen LogP contribution is 2.29. The SMILES string of the molecule is CCC(=O)N(Cc1ccc(-c2noc(C(F)(F)F)n2)cc1)OCC=C(Cl)Cl. The molecule has 0 unspecified atom stereocenters. The van der Waals surface area contributed by atoms with Gasteiger partial charge in [0.05, 0.1) is 13.2 Å². The van der Waals surface area contributed by atoms with Gasteiger partial charge in [0.1, 0.15) is 4.49 Å². The molecule has 0 saturated heterocycles. The molecular weight excluding hydrogens is 410 g/mol. The maximum atomic E-state index is 12.5. The fourth-order valence-electron chi connectivity index (χ4n) is 1.95. The molecule has 0 bridgehead atoms. The largest absolute Gasteiger partial charge is 0.471 e. The molecule has 0 aliphatic rings. The number of aromatic nitrogens is 2. The first kappa shape index (κ1) is 21.2. The van der Waals surface area contributed by atoms with Gasteiger partial charge in [-0.05, 0) is 11.6 Å². The number of benzene rings is 1. The Hall–Kier alpha value is -2.10. The third kappa shape index (κ3) is 6.23. The van der Waals surface area contributed by atoms with E-state index in [-0.39, 0.29) is 35.8 Å². The van der Waals surface area contributed by atoms with E-state index in [0.29, 0.717) is 11.1 Å². The average molecular weight is 424 g/mol. The molecule has 1 heterocycles. The first-order chi connectivity index (χ1) is 12.7. The van der Waals surface area contributed by atoms with Crippen molar-refractivity contribution in [2.75, 3.05) is 6.61 Å². The fourth-order valence-corrected chi connectivity index (χ4v) is 2.08. The zero-order valence-corrected chi connectivity index (χ0v) is 15.5. The average Bonchev–Trinajstić information content (AvgIpc) is 3.11. The zero-order chi connectivity index (χ0) is 20.0. The van der Waals surface area contributed by atoms with Crippen molar-refractivity contribution in [3.63, 3.8) is 0 Å². The van der Waals surface area contributed by atoms with E-state index in [0.717, 1.165) is 5.06 Å². The summed E-state index contributed by atoms with van der Waals surface area (Å²) in [7, 11) is 0. The quantitative estimate of drug-likeness (QED) is 0.601. The number of halogens is 5. The van der Waals surface area contributed by atoms with Crippen LogP contribution >= 0.6 is 23.2 Å². The van der Waals surface area contributed by atoms with Gasteiger partial charge < -0.3 is 4.52 Å². The van der Waals surface area contributed by atoms with Crippen LogP contribution in [0, 0.1) is 0 Å². The van der Waals surface area contributed by atoms with Gasteiger partial charge in [-0.15, -0.1) is 0 Å². The number of amides is 1. The third-order valence-electron chi connectivity index (χ3n) is 3.26. The topological polar surface area (TPSA) is 68.5 Å². The minimum Gasteiger partial charge on any atom is -0.329 e. The van der Waals surface area contributed by atoms with Crippen molar-refractivity contribution >= 4 is 29.1 Å². The molecule has 11 heteroatoms.